The van der Waals surface area contributed by atoms with Gasteiger partial charge in [-0.25, -0.2) is 0 Å². The van der Waals surface area contributed by atoms with Crippen molar-refractivity contribution in [2.45, 2.75) is 25.3 Å². The number of amides is 2. The third kappa shape index (κ3) is 3.07. The maximum absolute atomic E-state index is 13.1. The SMILES string of the molecule is NC(=O)[C@@H](CC1CC1)NC(=O)c1c2ccccc2cc2ccccc12. The Hall–Kier alpha value is -2.88. The molecule has 0 heterocycles. The van der Waals surface area contributed by atoms with Gasteiger partial charge in [0.1, 0.15) is 6.04 Å². The van der Waals surface area contributed by atoms with Crippen LogP contribution in [0.3, 0.4) is 0 Å². The Morgan fingerprint density at radius 2 is 1.56 bits per heavy atom. The van der Waals surface area contributed by atoms with Crippen LogP contribution in [0.2, 0.25) is 0 Å². The highest BCUT2D eigenvalue weighted by Gasteiger charge is 2.30. The molecule has 1 fully saturated rings. The summed E-state index contributed by atoms with van der Waals surface area (Å²) >= 11 is 0. The molecule has 0 radical (unpaired) electrons. The van der Waals surface area contributed by atoms with E-state index < -0.39 is 11.9 Å². The van der Waals surface area contributed by atoms with Gasteiger partial charge in [-0.2, -0.15) is 0 Å². The molecule has 4 nitrogen and oxygen atoms in total. The van der Waals surface area contributed by atoms with E-state index in [0.717, 1.165) is 34.4 Å². The van der Waals surface area contributed by atoms with Crippen LogP contribution in [0.4, 0.5) is 0 Å². The quantitative estimate of drug-likeness (QED) is 0.703. The van der Waals surface area contributed by atoms with E-state index in [2.05, 4.69) is 11.4 Å². The van der Waals surface area contributed by atoms with Crippen molar-refractivity contribution in [1.29, 1.82) is 0 Å². The average molecular weight is 332 g/mol. The molecule has 0 saturated heterocycles. The molecule has 25 heavy (non-hydrogen) atoms. The summed E-state index contributed by atoms with van der Waals surface area (Å²) in [7, 11) is 0. The second kappa shape index (κ2) is 6.20. The highest BCUT2D eigenvalue weighted by Crippen LogP contribution is 2.34. The summed E-state index contributed by atoms with van der Waals surface area (Å²) in [6, 6.07) is 17.1. The lowest BCUT2D eigenvalue weighted by atomic mass is 9.96. The molecule has 2 amide bonds. The van der Waals surface area contributed by atoms with Crippen LogP contribution in [0, 0.1) is 5.92 Å². The van der Waals surface area contributed by atoms with Gasteiger partial charge in [-0.1, -0.05) is 61.4 Å². The van der Waals surface area contributed by atoms with E-state index in [0.29, 0.717) is 17.9 Å². The highest BCUT2D eigenvalue weighted by molar-refractivity contribution is 6.18. The zero-order valence-electron chi connectivity index (χ0n) is 13.9. The van der Waals surface area contributed by atoms with E-state index in [1.807, 2.05) is 48.5 Å². The first-order chi connectivity index (χ1) is 12.1. The first-order valence-electron chi connectivity index (χ1n) is 8.64. The van der Waals surface area contributed by atoms with Gasteiger partial charge in [0, 0.05) is 0 Å². The number of hydrogen-bond acceptors (Lipinski definition) is 2. The van der Waals surface area contributed by atoms with E-state index >= 15 is 0 Å². The normalized spacial score (nSPS) is 15.2. The van der Waals surface area contributed by atoms with Gasteiger partial charge in [0.05, 0.1) is 5.56 Å². The summed E-state index contributed by atoms with van der Waals surface area (Å²) < 4.78 is 0. The molecular formula is C21H20N2O2. The minimum atomic E-state index is -0.613. The first-order valence-corrected chi connectivity index (χ1v) is 8.64. The van der Waals surface area contributed by atoms with Crippen molar-refractivity contribution in [2.24, 2.45) is 11.7 Å². The molecule has 4 heteroatoms. The lowest BCUT2D eigenvalue weighted by Gasteiger charge is -2.17. The Morgan fingerprint density at radius 3 is 2.08 bits per heavy atom. The summed E-state index contributed by atoms with van der Waals surface area (Å²) in [5.74, 6) is -0.204. The minimum absolute atomic E-state index is 0.238. The van der Waals surface area contributed by atoms with Crippen molar-refractivity contribution in [3.05, 3.63) is 60.2 Å². The lowest BCUT2D eigenvalue weighted by Crippen LogP contribution is -2.44. The summed E-state index contributed by atoms with van der Waals surface area (Å²) in [5.41, 5.74) is 6.12. The molecule has 3 aromatic rings. The maximum atomic E-state index is 13.1. The largest absolute Gasteiger partial charge is 0.368 e. The monoisotopic (exact) mass is 332 g/mol. The fourth-order valence-electron chi connectivity index (χ4n) is 3.42. The number of fused-ring (bicyclic) bond motifs is 2. The summed E-state index contributed by atoms with van der Waals surface area (Å²) in [4.78, 5) is 24.8. The fraction of sp³-hybridized carbons (Fsp3) is 0.238. The molecule has 4 rings (SSSR count). The number of nitrogens with one attached hydrogen (secondary N) is 1. The van der Waals surface area contributed by atoms with Gasteiger partial charge in [0.25, 0.3) is 5.91 Å². The van der Waals surface area contributed by atoms with E-state index in [-0.39, 0.29) is 5.91 Å². The zero-order valence-corrected chi connectivity index (χ0v) is 13.9. The molecule has 126 valence electrons. The standard InChI is InChI=1S/C21H20N2O2/c22-20(24)18(11-13-9-10-13)23-21(25)19-16-7-3-1-5-14(16)12-15-6-2-4-8-17(15)19/h1-8,12-13,18H,9-11H2,(H2,22,24)(H,23,25)/t18-/m1/s1. The van der Waals surface area contributed by atoms with Gasteiger partial charge in [-0.3, -0.25) is 9.59 Å². The lowest BCUT2D eigenvalue weighted by molar-refractivity contribution is -0.120. The third-order valence-electron chi connectivity index (χ3n) is 4.91. The number of hydrogen-bond donors (Lipinski definition) is 2. The van der Waals surface area contributed by atoms with Crippen LogP contribution in [0.5, 0.6) is 0 Å². The molecule has 3 aromatic carbocycles. The number of primary amides is 1. The van der Waals surface area contributed by atoms with Crippen LogP contribution < -0.4 is 11.1 Å². The molecule has 0 aliphatic heterocycles. The molecule has 3 N–H and O–H groups in total. The van der Waals surface area contributed by atoms with Crippen LogP contribution in [-0.4, -0.2) is 17.9 Å². The topological polar surface area (TPSA) is 72.2 Å². The Bertz CT molecular complexity index is 922. The molecule has 0 spiro atoms. The predicted molar refractivity (Wildman–Crippen MR) is 99.2 cm³/mol. The predicted octanol–water partition coefficient (Wildman–Crippen LogP) is 3.38. The molecule has 1 saturated carbocycles. The number of rotatable bonds is 5. The summed E-state index contributed by atoms with van der Waals surface area (Å²) in [6.45, 7) is 0. The second-order valence-electron chi connectivity index (χ2n) is 6.80. The fourth-order valence-corrected chi connectivity index (χ4v) is 3.42. The molecule has 1 atom stereocenters. The van der Waals surface area contributed by atoms with Gasteiger partial charge in [-0.05, 0) is 39.9 Å². The van der Waals surface area contributed by atoms with Gasteiger partial charge in [0.15, 0.2) is 0 Å². The van der Waals surface area contributed by atoms with Crippen molar-refractivity contribution in [1.82, 2.24) is 5.32 Å². The number of benzene rings is 3. The summed E-state index contributed by atoms with van der Waals surface area (Å²) in [5, 5.41) is 6.65. The first kappa shape index (κ1) is 15.6. The zero-order chi connectivity index (χ0) is 17.4. The molecule has 0 unspecified atom stereocenters. The maximum Gasteiger partial charge on any atom is 0.253 e. The van der Waals surface area contributed by atoms with Crippen LogP contribution in [0.15, 0.2) is 54.6 Å². The Balaban J connectivity index is 1.79. The Kier molecular flexibility index (Phi) is 3.88. The molecule has 1 aliphatic rings. The van der Waals surface area contributed by atoms with E-state index in [1.165, 1.54) is 0 Å². The van der Waals surface area contributed by atoms with Crippen LogP contribution in [-0.2, 0) is 4.79 Å². The molecule has 1 aliphatic carbocycles. The van der Waals surface area contributed by atoms with Crippen LogP contribution in [0.25, 0.3) is 21.5 Å². The number of carbonyl (C=O) groups is 2. The van der Waals surface area contributed by atoms with Crippen molar-refractivity contribution < 1.29 is 9.59 Å². The minimum Gasteiger partial charge on any atom is -0.368 e. The Morgan fingerprint density at radius 1 is 1.00 bits per heavy atom. The molecule has 0 bridgehead atoms. The van der Waals surface area contributed by atoms with Crippen molar-refractivity contribution in [3.63, 3.8) is 0 Å². The van der Waals surface area contributed by atoms with Crippen LogP contribution in [0.1, 0.15) is 29.6 Å². The van der Waals surface area contributed by atoms with Gasteiger partial charge in [-0.15, -0.1) is 0 Å². The van der Waals surface area contributed by atoms with Crippen molar-refractivity contribution in [2.75, 3.05) is 0 Å². The van der Waals surface area contributed by atoms with Crippen molar-refractivity contribution >= 4 is 33.4 Å². The average Bonchev–Trinajstić information content (AvgIpc) is 3.42. The van der Waals surface area contributed by atoms with Crippen LogP contribution >= 0.6 is 0 Å². The van der Waals surface area contributed by atoms with Gasteiger partial charge in [0.2, 0.25) is 5.91 Å². The van der Waals surface area contributed by atoms with Gasteiger partial charge >= 0.3 is 0 Å². The Labute approximate surface area is 146 Å². The van der Waals surface area contributed by atoms with Crippen molar-refractivity contribution in [3.8, 4) is 0 Å². The summed E-state index contributed by atoms with van der Waals surface area (Å²) in [6.07, 6.45) is 2.84. The van der Waals surface area contributed by atoms with E-state index in [9.17, 15) is 9.59 Å². The third-order valence-corrected chi connectivity index (χ3v) is 4.91. The molecule has 0 aromatic heterocycles. The number of nitrogens with two attached hydrogens (primary N) is 1. The smallest absolute Gasteiger partial charge is 0.253 e. The highest BCUT2D eigenvalue weighted by atomic mass is 16.2. The van der Waals surface area contributed by atoms with E-state index in [4.69, 9.17) is 5.73 Å². The number of carbonyl (C=O) groups excluding carboxylic acids is 2. The molecular weight excluding hydrogens is 312 g/mol. The van der Waals surface area contributed by atoms with E-state index in [1.54, 1.807) is 0 Å². The second-order valence-corrected chi connectivity index (χ2v) is 6.80. The van der Waals surface area contributed by atoms with Gasteiger partial charge < -0.3 is 11.1 Å².